The zero-order valence-electron chi connectivity index (χ0n) is 21.6. The number of primary amides is 1. The second-order valence-electron chi connectivity index (χ2n) is 10.0. The van der Waals surface area contributed by atoms with Crippen molar-refractivity contribution >= 4 is 17.5 Å². The van der Waals surface area contributed by atoms with Gasteiger partial charge in [-0.15, -0.1) is 10.2 Å². The second kappa shape index (κ2) is 12.0. The number of hydrogen-bond donors (Lipinski definition) is 3. The van der Waals surface area contributed by atoms with Crippen molar-refractivity contribution in [3.63, 3.8) is 0 Å². The Hall–Kier alpha value is -4.44. The summed E-state index contributed by atoms with van der Waals surface area (Å²) >= 11 is 0. The van der Waals surface area contributed by atoms with E-state index in [0.717, 1.165) is 47.9 Å². The first-order chi connectivity index (χ1) is 19.0. The standard InChI is InChI=1S/C29H32N8O2/c30-17-20-5-9-23(10-6-20)29(39)37(25-13-11-22(12-14-25)28-33-35-36-34-28)26(27(31)38)16-19-3-7-21(8-4-19)24-2-1-15-32-18-24/h1-4,7-8,11-15,18,20,23,26H,5-6,9-10,16-17,30H2,(H2,31,38)(H,33,34,35,36)/t20-,23-,26-/m0/s1. The molecule has 2 heterocycles. The SMILES string of the molecule is NC[C@H]1CC[C@H](C(=O)N(c2ccc(-c3nn[nH]n3)cc2)[C@@H](Cc2ccc(-c3cccnc3)cc2)C(N)=O)CC1. The van der Waals surface area contributed by atoms with Crippen molar-refractivity contribution < 1.29 is 9.59 Å². The normalized spacial score (nSPS) is 17.9. The number of carbonyl (C=O) groups excluding carboxylic acids is 2. The number of aromatic amines is 1. The van der Waals surface area contributed by atoms with E-state index in [1.807, 2.05) is 48.5 Å². The van der Waals surface area contributed by atoms with Crippen LogP contribution in [0.2, 0.25) is 0 Å². The number of rotatable bonds is 9. The van der Waals surface area contributed by atoms with E-state index in [1.54, 1.807) is 29.4 Å². The summed E-state index contributed by atoms with van der Waals surface area (Å²) in [6.07, 6.45) is 7.10. The van der Waals surface area contributed by atoms with Gasteiger partial charge in [0.05, 0.1) is 0 Å². The molecule has 0 aliphatic heterocycles. The highest BCUT2D eigenvalue weighted by Crippen LogP contribution is 2.33. The molecule has 5 N–H and O–H groups in total. The third-order valence-electron chi connectivity index (χ3n) is 7.53. The van der Waals surface area contributed by atoms with Crippen molar-refractivity contribution in [1.82, 2.24) is 25.6 Å². The monoisotopic (exact) mass is 524 g/mol. The molecule has 2 aromatic heterocycles. The quantitative estimate of drug-likeness (QED) is 0.304. The van der Waals surface area contributed by atoms with Crippen LogP contribution >= 0.6 is 0 Å². The number of anilines is 1. The number of nitrogens with one attached hydrogen (secondary N) is 1. The Bertz CT molecular complexity index is 1370. The summed E-state index contributed by atoms with van der Waals surface area (Å²) in [4.78, 5) is 32.7. The van der Waals surface area contributed by atoms with Crippen molar-refractivity contribution in [1.29, 1.82) is 0 Å². The maximum Gasteiger partial charge on any atom is 0.240 e. The minimum absolute atomic E-state index is 0.0893. The number of hydrogen-bond acceptors (Lipinski definition) is 7. The minimum atomic E-state index is -0.856. The molecule has 0 bridgehead atoms. The summed E-state index contributed by atoms with van der Waals surface area (Å²) in [5.74, 6) is 0.0346. The molecule has 0 radical (unpaired) electrons. The van der Waals surface area contributed by atoms with Gasteiger partial charge in [-0.05, 0) is 90.4 Å². The Kier molecular flexibility index (Phi) is 8.02. The van der Waals surface area contributed by atoms with Crippen LogP contribution in [0.15, 0.2) is 73.1 Å². The maximum atomic E-state index is 14.0. The zero-order valence-corrected chi connectivity index (χ0v) is 21.6. The third-order valence-corrected chi connectivity index (χ3v) is 7.53. The largest absolute Gasteiger partial charge is 0.368 e. The molecule has 1 atom stereocenters. The molecule has 2 amide bonds. The number of nitrogens with zero attached hydrogens (tertiary/aromatic N) is 5. The summed E-state index contributed by atoms with van der Waals surface area (Å²) in [6.45, 7) is 0.626. The number of pyridine rings is 1. The van der Waals surface area contributed by atoms with E-state index in [-0.39, 0.29) is 11.8 Å². The van der Waals surface area contributed by atoms with Crippen LogP contribution in [-0.2, 0) is 16.0 Å². The molecule has 0 unspecified atom stereocenters. The average molecular weight is 525 g/mol. The highest BCUT2D eigenvalue weighted by atomic mass is 16.2. The van der Waals surface area contributed by atoms with Gasteiger partial charge in [-0.1, -0.05) is 30.3 Å². The van der Waals surface area contributed by atoms with Crippen molar-refractivity contribution in [3.8, 4) is 22.5 Å². The van der Waals surface area contributed by atoms with Crippen LogP contribution in [0.5, 0.6) is 0 Å². The lowest BCUT2D eigenvalue weighted by atomic mass is 9.81. The molecule has 4 aromatic rings. The molecule has 0 spiro atoms. The number of amides is 2. The molecule has 200 valence electrons. The van der Waals surface area contributed by atoms with Crippen molar-refractivity contribution in [2.45, 2.75) is 38.1 Å². The average Bonchev–Trinajstić information content (AvgIpc) is 3.53. The lowest BCUT2D eigenvalue weighted by molar-refractivity contribution is -0.127. The number of H-pyrrole nitrogens is 1. The molecule has 1 aliphatic rings. The maximum absolute atomic E-state index is 14.0. The van der Waals surface area contributed by atoms with E-state index in [0.29, 0.717) is 30.4 Å². The summed E-state index contributed by atoms with van der Waals surface area (Å²) in [5, 5.41) is 14.1. The molecule has 0 saturated heterocycles. The molecule has 39 heavy (non-hydrogen) atoms. The Balaban J connectivity index is 1.44. The van der Waals surface area contributed by atoms with Crippen LogP contribution in [-0.4, -0.2) is 50.0 Å². The predicted octanol–water partition coefficient (Wildman–Crippen LogP) is 3.12. The van der Waals surface area contributed by atoms with Gasteiger partial charge in [0.15, 0.2) is 0 Å². The first-order valence-corrected chi connectivity index (χ1v) is 13.2. The fourth-order valence-corrected chi connectivity index (χ4v) is 5.27. The molecule has 5 rings (SSSR count). The Morgan fingerprint density at radius 2 is 1.67 bits per heavy atom. The minimum Gasteiger partial charge on any atom is -0.368 e. The van der Waals surface area contributed by atoms with Gasteiger partial charge in [-0.25, -0.2) is 0 Å². The van der Waals surface area contributed by atoms with Crippen LogP contribution < -0.4 is 16.4 Å². The first kappa shape index (κ1) is 26.2. The van der Waals surface area contributed by atoms with Gasteiger partial charge in [0, 0.05) is 36.0 Å². The Morgan fingerprint density at radius 3 is 2.26 bits per heavy atom. The fourth-order valence-electron chi connectivity index (χ4n) is 5.27. The topological polar surface area (TPSA) is 157 Å². The predicted molar refractivity (Wildman–Crippen MR) is 148 cm³/mol. The van der Waals surface area contributed by atoms with E-state index >= 15 is 0 Å². The van der Waals surface area contributed by atoms with Crippen molar-refractivity contribution in [2.24, 2.45) is 23.3 Å². The van der Waals surface area contributed by atoms with Crippen molar-refractivity contribution in [2.75, 3.05) is 11.4 Å². The molecular weight excluding hydrogens is 492 g/mol. The highest BCUT2D eigenvalue weighted by molar-refractivity contribution is 6.01. The van der Waals surface area contributed by atoms with Gasteiger partial charge in [-0.3, -0.25) is 19.5 Å². The third kappa shape index (κ3) is 6.01. The van der Waals surface area contributed by atoms with E-state index in [2.05, 4.69) is 25.6 Å². The molecular formula is C29H32N8O2. The molecule has 10 heteroatoms. The molecule has 1 fully saturated rings. The van der Waals surface area contributed by atoms with Gasteiger partial charge in [0.25, 0.3) is 0 Å². The van der Waals surface area contributed by atoms with Crippen LogP contribution in [0, 0.1) is 11.8 Å². The molecule has 1 saturated carbocycles. The van der Waals surface area contributed by atoms with Crippen LogP contribution in [0.4, 0.5) is 5.69 Å². The molecule has 2 aromatic carbocycles. The Labute approximate surface area is 226 Å². The van der Waals surface area contributed by atoms with Crippen molar-refractivity contribution in [3.05, 3.63) is 78.6 Å². The van der Waals surface area contributed by atoms with Crippen LogP contribution in [0.3, 0.4) is 0 Å². The van der Waals surface area contributed by atoms with Gasteiger partial charge in [0.1, 0.15) is 6.04 Å². The van der Waals surface area contributed by atoms with Gasteiger partial charge in [-0.2, -0.15) is 5.21 Å². The van der Waals surface area contributed by atoms with E-state index in [1.165, 1.54) is 0 Å². The second-order valence-corrected chi connectivity index (χ2v) is 10.0. The summed E-state index contributed by atoms with van der Waals surface area (Å²) in [6, 6.07) is 18.2. The number of aromatic nitrogens is 5. The van der Waals surface area contributed by atoms with Crippen LogP contribution in [0.25, 0.3) is 22.5 Å². The summed E-state index contributed by atoms with van der Waals surface area (Å²) < 4.78 is 0. The smallest absolute Gasteiger partial charge is 0.240 e. The molecule has 1 aliphatic carbocycles. The van der Waals surface area contributed by atoms with Gasteiger partial charge < -0.3 is 11.5 Å². The number of tetrazole rings is 1. The summed E-state index contributed by atoms with van der Waals surface area (Å²) in [7, 11) is 0. The van der Waals surface area contributed by atoms with Crippen LogP contribution in [0.1, 0.15) is 31.2 Å². The zero-order chi connectivity index (χ0) is 27.2. The molecule has 10 nitrogen and oxygen atoms in total. The summed E-state index contributed by atoms with van der Waals surface area (Å²) in [5.41, 5.74) is 16.1. The van der Waals surface area contributed by atoms with E-state index in [9.17, 15) is 9.59 Å². The highest BCUT2D eigenvalue weighted by Gasteiger charge is 2.36. The van der Waals surface area contributed by atoms with E-state index < -0.39 is 11.9 Å². The van der Waals surface area contributed by atoms with Gasteiger partial charge in [0.2, 0.25) is 17.6 Å². The number of carbonyl (C=O) groups is 2. The first-order valence-electron chi connectivity index (χ1n) is 13.2. The van der Waals surface area contributed by atoms with E-state index in [4.69, 9.17) is 11.5 Å². The lowest BCUT2D eigenvalue weighted by Crippen LogP contribution is -2.52. The number of benzene rings is 2. The Morgan fingerprint density at radius 1 is 0.949 bits per heavy atom. The lowest BCUT2D eigenvalue weighted by Gasteiger charge is -2.35. The fraction of sp³-hybridized carbons (Fsp3) is 0.310. The van der Waals surface area contributed by atoms with Gasteiger partial charge >= 0.3 is 0 Å². The number of nitrogens with two attached hydrogens (primary N) is 2.